The van der Waals surface area contributed by atoms with E-state index < -0.39 is 6.03 Å². The number of benzene rings is 2. The van der Waals surface area contributed by atoms with Crippen molar-refractivity contribution in [3.8, 4) is 5.75 Å². The highest BCUT2D eigenvalue weighted by molar-refractivity contribution is 8.18. The summed E-state index contributed by atoms with van der Waals surface area (Å²) in [5.41, 5.74) is 5.09. The van der Waals surface area contributed by atoms with Gasteiger partial charge in [0.25, 0.3) is 5.91 Å². The molecule has 0 bridgehead atoms. The van der Waals surface area contributed by atoms with Crippen molar-refractivity contribution in [2.24, 2.45) is 5.10 Å². The number of fused-ring (bicyclic) bond motifs is 1. The molecule has 0 unspecified atom stereocenters. The molecule has 27 heavy (non-hydrogen) atoms. The van der Waals surface area contributed by atoms with Crippen molar-refractivity contribution in [1.82, 2.24) is 10.7 Å². The van der Waals surface area contributed by atoms with Crippen LogP contribution in [-0.2, 0) is 11.2 Å². The Morgan fingerprint density at radius 3 is 2.93 bits per heavy atom. The van der Waals surface area contributed by atoms with Crippen LogP contribution >= 0.6 is 11.8 Å². The van der Waals surface area contributed by atoms with Gasteiger partial charge in [-0.1, -0.05) is 24.3 Å². The molecule has 136 valence electrons. The van der Waals surface area contributed by atoms with E-state index in [0.29, 0.717) is 22.4 Å². The van der Waals surface area contributed by atoms with Crippen molar-refractivity contribution in [2.75, 3.05) is 11.9 Å². The number of hydrogen-bond acceptors (Lipinski definition) is 5. The molecule has 2 aliphatic rings. The zero-order chi connectivity index (χ0) is 18.6. The lowest BCUT2D eigenvalue weighted by molar-refractivity contribution is -0.115. The van der Waals surface area contributed by atoms with Crippen LogP contribution in [0.2, 0.25) is 0 Å². The van der Waals surface area contributed by atoms with Gasteiger partial charge in [-0.25, -0.2) is 10.2 Å². The monoisotopic (exact) mass is 380 g/mol. The van der Waals surface area contributed by atoms with Crippen LogP contribution in [0.5, 0.6) is 5.75 Å². The van der Waals surface area contributed by atoms with Crippen LogP contribution in [-0.4, -0.2) is 23.7 Å². The zero-order valence-corrected chi connectivity index (χ0v) is 15.0. The Labute approximate surface area is 159 Å². The standard InChI is InChI=1S/C19H16N4O3S/c24-17-16(11-12-6-7-15-13(10-12)8-9-26-15)27-19(21-17)23-22-18(25)20-14-4-2-1-3-5-14/h1-7,10-11H,8-9H2,(H2,20,22,25)(H,21,23,24)/b16-11-. The number of hydrogen-bond donors (Lipinski definition) is 3. The number of carbonyl (C=O) groups excluding carboxylic acids is 2. The Balaban J connectivity index is 1.39. The minimum atomic E-state index is -0.486. The first kappa shape index (κ1) is 17.2. The summed E-state index contributed by atoms with van der Waals surface area (Å²) in [6, 6.07) is 14.4. The number of nitrogens with zero attached hydrogens (tertiary/aromatic N) is 1. The second-order valence-corrected chi connectivity index (χ2v) is 6.91. The van der Waals surface area contributed by atoms with Crippen LogP contribution in [0.25, 0.3) is 6.08 Å². The molecule has 3 N–H and O–H groups in total. The van der Waals surface area contributed by atoms with E-state index in [4.69, 9.17) is 4.74 Å². The second kappa shape index (κ2) is 7.55. The fraction of sp³-hybridized carbons (Fsp3) is 0.105. The van der Waals surface area contributed by atoms with E-state index in [1.165, 1.54) is 11.8 Å². The van der Waals surface area contributed by atoms with Gasteiger partial charge in [0.1, 0.15) is 5.75 Å². The Morgan fingerprint density at radius 2 is 2.07 bits per heavy atom. The molecule has 7 nitrogen and oxygen atoms in total. The number of para-hydroxylation sites is 1. The van der Waals surface area contributed by atoms with E-state index in [2.05, 4.69) is 21.2 Å². The minimum absolute atomic E-state index is 0.249. The predicted molar refractivity (Wildman–Crippen MR) is 105 cm³/mol. The van der Waals surface area contributed by atoms with Crippen LogP contribution < -0.4 is 20.8 Å². The number of carbonyl (C=O) groups is 2. The van der Waals surface area contributed by atoms with Crippen LogP contribution in [0.3, 0.4) is 0 Å². The van der Waals surface area contributed by atoms with Crippen molar-refractivity contribution in [3.05, 3.63) is 64.6 Å². The molecule has 2 aromatic carbocycles. The molecule has 2 heterocycles. The molecule has 1 saturated heterocycles. The van der Waals surface area contributed by atoms with Gasteiger partial charge >= 0.3 is 6.03 Å². The van der Waals surface area contributed by atoms with Gasteiger partial charge in [-0.2, -0.15) is 0 Å². The first-order chi connectivity index (χ1) is 13.2. The quantitative estimate of drug-likeness (QED) is 0.564. The first-order valence-corrected chi connectivity index (χ1v) is 9.15. The average molecular weight is 380 g/mol. The van der Waals surface area contributed by atoms with Crippen LogP contribution in [0.15, 0.2) is 58.5 Å². The van der Waals surface area contributed by atoms with E-state index in [1.54, 1.807) is 18.2 Å². The molecule has 0 aromatic heterocycles. The number of ether oxygens (including phenoxy) is 1. The largest absolute Gasteiger partial charge is 0.493 e. The van der Waals surface area contributed by atoms with Crippen molar-refractivity contribution < 1.29 is 14.3 Å². The Morgan fingerprint density at radius 1 is 1.22 bits per heavy atom. The summed E-state index contributed by atoms with van der Waals surface area (Å²) >= 11 is 1.17. The molecule has 1 fully saturated rings. The SMILES string of the molecule is O=C(NN=C1NC(=O)/C(=C/c2ccc3c(c2)CCO3)S1)Nc1ccccc1. The van der Waals surface area contributed by atoms with Gasteiger partial charge in [0.2, 0.25) is 0 Å². The zero-order valence-electron chi connectivity index (χ0n) is 14.2. The number of urea groups is 1. The highest BCUT2D eigenvalue weighted by Crippen LogP contribution is 2.29. The Bertz CT molecular complexity index is 957. The number of rotatable bonds is 3. The van der Waals surface area contributed by atoms with Gasteiger partial charge in [-0.15, -0.1) is 5.10 Å². The lowest BCUT2D eigenvalue weighted by atomic mass is 10.1. The van der Waals surface area contributed by atoms with Gasteiger partial charge in [-0.3, -0.25) is 10.1 Å². The van der Waals surface area contributed by atoms with E-state index in [0.717, 1.165) is 23.3 Å². The lowest BCUT2D eigenvalue weighted by Gasteiger charge is -2.03. The fourth-order valence-electron chi connectivity index (χ4n) is 2.71. The minimum Gasteiger partial charge on any atom is -0.493 e. The van der Waals surface area contributed by atoms with E-state index in [-0.39, 0.29) is 5.91 Å². The van der Waals surface area contributed by atoms with Crippen LogP contribution in [0.4, 0.5) is 10.5 Å². The van der Waals surface area contributed by atoms with Crippen LogP contribution in [0.1, 0.15) is 11.1 Å². The number of amides is 3. The summed E-state index contributed by atoms with van der Waals surface area (Å²) in [7, 11) is 0. The molecule has 0 radical (unpaired) electrons. The summed E-state index contributed by atoms with van der Waals surface area (Å²) in [5, 5.41) is 9.54. The molecule has 2 aliphatic heterocycles. The van der Waals surface area contributed by atoms with Gasteiger partial charge in [-0.05, 0) is 53.2 Å². The molecule has 0 aliphatic carbocycles. The highest BCUT2D eigenvalue weighted by atomic mass is 32.2. The maximum Gasteiger partial charge on any atom is 0.339 e. The number of thioether (sulfide) groups is 1. The fourth-order valence-corrected chi connectivity index (χ4v) is 3.49. The van der Waals surface area contributed by atoms with Gasteiger partial charge in [0, 0.05) is 12.1 Å². The van der Waals surface area contributed by atoms with Gasteiger partial charge < -0.3 is 10.1 Å². The van der Waals surface area contributed by atoms with Crippen molar-refractivity contribution >= 4 is 40.6 Å². The number of amidine groups is 1. The van der Waals surface area contributed by atoms with Crippen molar-refractivity contribution in [3.63, 3.8) is 0 Å². The average Bonchev–Trinajstić information content (AvgIpc) is 3.27. The molecule has 2 aromatic rings. The third-order valence-electron chi connectivity index (χ3n) is 3.95. The molecule has 8 heteroatoms. The molecule has 0 saturated carbocycles. The number of nitrogens with one attached hydrogen (secondary N) is 3. The van der Waals surface area contributed by atoms with Gasteiger partial charge in [0.15, 0.2) is 5.17 Å². The topological polar surface area (TPSA) is 91.8 Å². The summed E-state index contributed by atoms with van der Waals surface area (Å²) in [5.74, 6) is 0.650. The summed E-state index contributed by atoms with van der Waals surface area (Å²) in [6.07, 6.45) is 2.67. The third kappa shape index (κ3) is 4.12. The predicted octanol–water partition coefficient (Wildman–Crippen LogP) is 2.92. The normalized spacial score (nSPS) is 18.1. The molecule has 0 spiro atoms. The summed E-state index contributed by atoms with van der Waals surface area (Å²) in [4.78, 5) is 24.5. The molecule has 4 rings (SSSR count). The number of hydrazone groups is 1. The van der Waals surface area contributed by atoms with E-state index in [1.807, 2.05) is 36.4 Å². The third-order valence-corrected chi connectivity index (χ3v) is 4.86. The van der Waals surface area contributed by atoms with Gasteiger partial charge in [0.05, 0.1) is 11.5 Å². The van der Waals surface area contributed by atoms with E-state index >= 15 is 0 Å². The van der Waals surface area contributed by atoms with Crippen molar-refractivity contribution in [1.29, 1.82) is 0 Å². The molecular formula is C19H16N4O3S. The smallest absolute Gasteiger partial charge is 0.339 e. The molecule has 0 atom stereocenters. The molecule has 3 amide bonds. The Hall–Kier alpha value is -3.26. The maximum atomic E-state index is 12.1. The maximum absolute atomic E-state index is 12.1. The van der Waals surface area contributed by atoms with Crippen LogP contribution in [0, 0.1) is 0 Å². The van der Waals surface area contributed by atoms with Crippen molar-refractivity contribution in [2.45, 2.75) is 6.42 Å². The Kier molecular flexibility index (Phi) is 4.80. The summed E-state index contributed by atoms with van der Waals surface area (Å²) in [6.45, 7) is 0.693. The summed E-state index contributed by atoms with van der Waals surface area (Å²) < 4.78 is 5.49. The second-order valence-electron chi connectivity index (χ2n) is 5.88. The highest BCUT2D eigenvalue weighted by Gasteiger charge is 2.24. The van der Waals surface area contributed by atoms with E-state index in [9.17, 15) is 9.59 Å². The first-order valence-electron chi connectivity index (χ1n) is 8.34. The number of anilines is 1. The molecular weight excluding hydrogens is 364 g/mol. The lowest BCUT2D eigenvalue weighted by Crippen LogP contribution is -2.28.